The van der Waals surface area contributed by atoms with Crippen LogP contribution in [0.4, 0.5) is 5.69 Å². The molecular formula is C28H31N3O4. The fourth-order valence-electron chi connectivity index (χ4n) is 4.43. The summed E-state index contributed by atoms with van der Waals surface area (Å²) in [5, 5.41) is 12.4. The maximum absolute atomic E-state index is 12.7. The van der Waals surface area contributed by atoms with Crippen LogP contribution < -0.4 is 10.1 Å². The minimum Gasteiger partial charge on any atom is -0.478 e. The molecule has 1 unspecified atom stereocenters. The first-order valence-corrected chi connectivity index (χ1v) is 11.8. The molecule has 7 heteroatoms. The van der Waals surface area contributed by atoms with Gasteiger partial charge in [0.05, 0.1) is 12.1 Å². The van der Waals surface area contributed by atoms with Crippen molar-refractivity contribution in [1.29, 1.82) is 0 Å². The van der Waals surface area contributed by atoms with Crippen LogP contribution in [0.15, 0.2) is 78.9 Å². The number of para-hydroxylation sites is 1. The Hall–Kier alpha value is -3.68. The molecule has 1 saturated heterocycles. The van der Waals surface area contributed by atoms with Gasteiger partial charge in [0.25, 0.3) is 0 Å². The minimum absolute atomic E-state index is 0.0717. The molecule has 4 rings (SSSR count). The number of rotatable bonds is 9. The number of carbonyl (C=O) groups is 2. The van der Waals surface area contributed by atoms with Crippen molar-refractivity contribution in [2.45, 2.75) is 25.4 Å². The Balaban J connectivity index is 1.27. The van der Waals surface area contributed by atoms with Crippen molar-refractivity contribution in [3.05, 3.63) is 90.0 Å². The molecule has 1 aliphatic rings. The summed E-state index contributed by atoms with van der Waals surface area (Å²) in [5.74, 6) is 0.497. The Bertz CT molecular complexity index is 1130. The van der Waals surface area contributed by atoms with Crippen molar-refractivity contribution in [3.63, 3.8) is 0 Å². The lowest BCUT2D eigenvalue weighted by Crippen LogP contribution is -2.48. The molecule has 3 aromatic carbocycles. The van der Waals surface area contributed by atoms with E-state index in [4.69, 9.17) is 4.74 Å². The quantitative estimate of drug-likeness (QED) is 0.468. The summed E-state index contributed by atoms with van der Waals surface area (Å²) >= 11 is 0. The molecule has 0 radical (unpaired) electrons. The summed E-state index contributed by atoms with van der Waals surface area (Å²) in [6, 6.07) is 24.3. The van der Waals surface area contributed by atoms with Crippen molar-refractivity contribution in [2.75, 3.05) is 32.0 Å². The fraction of sp³-hybridized carbons (Fsp3) is 0.286. The van der Waals surface area contributed by atoms with Gasteiger partial charge in [0.2, 0.25) is 5.91 Å². The smallest absolute Gasteiger partial charge is 0.336 e. The van der Waals surface area contributed by atoms with Crippen molar-refractivity contribution >= 4 is 17.6 Å². The van der Waals surface area contributed by atoms with E-state index in [-0.39, 0.29) is 18.5 Å². The molecule has 1 atom stereocenters. The summed E-state index contributed by atoms with van der Waals surface area (Å²) in [7, 11) is 1.97. The molecule has 1 fully saturated rings. The second-order valence-electron chi connectivity index (χ2n) is 8.90. The Morgan fingerprint density at radius 2 is 1.69 bits per heavy atom. The molecule has 0 aliphatic carbocycles. The standard InChI is InChI=1S/C28H31N3O4/c1-30(23-9-7-17-31(19-23)18-21-8-5-6-12-26(21)28(33)34)20-27(32)29-22-13-15-25(16-14-22)35-24-10-3-2-4-11-24/h2-6,8,10-16,23H,7,9,17-20H2,1H3,(H,29,32)(H,33,34). The van der Waals surface area contributed by atoms with Crippen LogP contribution in [0.25, 0.3) is 0 Å². The highest BCUT2D eigenvalue weighted by Crippen LogP contribution is 2.23. The molecule has 1 heterocycles. The van der Waals surface area contributed by atoms with E-state index in [9.17, 15) is 14.7 Å². The zero-order valence-electron chi connectivity index (χ0n) is 19.9. The lowest BCUT2D eigenvalue weighted by molar-refractivity contribution is -0.117. The first-order chi connectivity index (χ1) is 17.0. The summed E-state index contributed by atoms with van der Waals surface area (Å²) < 4.78 is 5.80. The number of likely N-dealkylation sites (tertiary alicyclic amines) is 1. The van der Waals surface area contributed by atoms with Crippen molar-refractivity contribution < 1.29 is 19.4 Å². The van der Waals surface area contributed by atoms with E-state index in [1.165, 1.54) is 0 Å². The second-order valence-corrected chi connectivity index (χ2v) is 8.90. The van der Waals surface area contributed by atoms with E-state index >= 15 is 0 Å². The van der Waals surface area contributed by atoms with Gasteiger partial charge in [-0.3, -0.25) is 14.6 Å². The van der Waals surface area contributed by atoms with E-state index in [1.807, 2.05) is 73.8 Å². The van der Waals surface area contributed by atoms with E-state index in [0.717, 1.165) is 42.9 Å². The van der Waals surface area contributed by atoms with Gasteiger partial charge in [-0.2, -0.15) is 0 Å². The van der Waals surface area contributed by atoms with Crippen LogP contribution in [0.5, 0.6) is 11.5 Å². The first kappa shape index (κ1) is 24.4. The molecule has 35 heavy (non-hydrogen) atoms. The third kappa shape index (κ3) is 6.91. The molecule has 0 aromatic heterocycles. The van der Waals surface area contributed by atoms with Crippen LogP contribution in [0.3, 0.4) is 0 Å². The average Bonchev–Trinajstić information content (AvgIpc) is 2.86. The van der Waals surface area contributed by atoms with Gasteiger partial charge in [-0.15, -0.1) is 0 Å². The molecule has 1 amide bonds. The van der Waals surface area contributed by atoms with E-state index in [0.29, 0.717) is 17.9 Å². The van der Waals surface area contributed by atoms with Crippen molar-refractivity contribution in [1.82, 2.24) is 9.80 Å². The molecule has 2 N–H and O–H groups in total. The highest BCUT2D eigenvalue weighted by Gasteiger charge is 2.25. The van der Waals surface area contributed by atoms with Gasteiger partial charge in [-0.1, -0.05) is 36.4 Å². The van der Waals surface area contributed by atoms with Gasteiger partial charge < -0.3 is 15.2 Å². The largest absolute Gasteiger partial charge is 0.478 e. The van der Waals surface area contributed by atoms with Crippen LogP contribution in [0.1, 0.15) is 28.8 Å². The molecular weight excluding hydrogens is 442 g/mol. The normalized spacial score (nSPS) is 16.1. The number of amides is 1. The highest BCUT2D eigenvalue weighted by atomic mass is 16.5. The number of likely N-dealkylation sites (N-methyl/N-ethyl adjacent to an activating group) is 1. The number of hydrogen-bond acceptors (Lipinski definition) is 5. The lowest BCUT2D eigenvalue weighted by atomic mass is 10.0. The average molecular weight is 474 g/mol. The maximum atomic E-state index is 12.7. The van der Waals surface area contributed by atoms with Crippen LogP contribution in [-0.2, 0) is 11.3 Å². The van der Waals surface area contributed by atoms with Gasteiger partial charge in [0.15, 0.2) is 0 Å². The van der Waals surface area contributed by atoms with E-state index in [1.54, 1.807) is 12.1 Å². The molecule has 0 bridgehead atoms. The number of anilines is 1. The van der Waals surface area contributed by atoms with Gasteiger partial charge in [-0.05, 0) is 74.5 Å². The summed E-state index contributed by atoms with van der Waals surface area (Å²) in [6.45, 7) is 2.59. The molecule has 3 aromatic rings. The first-order valence-electron chi connectivity index (χ1n) is 11.8. The number of benzene rings is 3. The van der Waals surface area contributed by atoms with Crippen LogP contribution >= 0.6 is 0 Å². The van der Waals surface area contributed by atoms with Crippen molar-refractivity contribution in [2.24, 2.45) is 0 Å². The Morgan fingerprint density at radius 3 is 2.43 bits per heavy atom. The maximum Gasteiger partial charge on any atom is 0.336 e. The number of piperidine rings is 1. The number of aromatic carboxylic acids is 1. The van der Waals surface area contributed by atoms with Crippen LogP contribution in [-0.4, -0.2) is 59.5 Å². The number of hydrogen-bond donors (Lipinski definition) is 2. The molecule has 7 nitrogen and oxygen atoms in total. The topological polar surface area (TPSA) is 82.1 Å². The molecule has 1 aliphatic heterocycles. The zero-order chi connectivity index (χ0) is 24.6. The number of carboxylic acids is 1. The van der Waals surface area contributed by atoms with Gasteiger partial charge in [0, 0.05) is 24.8 Å². The van der Waals surface area contributed by atoms with Crippen LogP contribution in [0, 0.1) is 0 Å². The summed E-state index contributed by atoms with van der Waals surface area (Å²) in [4.78, 5) is 28.6. The van der Waals surface area contributed by atoms with Gasteiger partial charge in [0.1, 0.15) is 11.5 Å². The van der Waals surface area contributed by atoms with E-state index < -0.39 is 5.97 Å². The van der Waals surface area contributed by atoms with Gasteiger partial charge in [-0.25, -0.2) is 4.79 Å². The SMILES string of the molecule is CN(CC(=O)Nc1ccc(Oc2ccccc2)cc1)C1CCCN(Cc2ccccc2C(=O)O)C1. The zero-order valence-corrected chi connectivity index (χ0v) is 19.9. The van der Waals surface area contributed by atoms with Gasteiger partial charge >= 0.3 is 5.97 Å². The van der Waals surface area contributed by atoms with Crippen molar-refractivity contribution in [3.8, 4) is 11.5 Å². The third-order valence-corrected chi connectivity index (χ3v) is 6.26. The number of carboxylic acid groups (broad SMARTS) is 1. The Labute approximate surface area is 205 Å². The highest BCUT2D eigenvalue weighted by molar-refractivity contribution is 5.92. The number of ether oxygens (including phenoxy) is 1. The number of nitrogens with one attached hydrogen (secondary N) is 1. The second kappa shape index (κ2) is 11.6. The Morgan fingerprint density at radius 1 is 1.00 bits per heavy atom. The Kier molecular flexibility index (Phi) is 8.13. The van der Waals surface area contributed by atoms with Crippen LogP contribution in [0.2, 0.25) is 0 Å². The molecule has 0 spiro atoms. The molecule has 0 saturated carbocycles. The minimum atomic E-state index is -0.900. The number of carbonyl (C=O) groups excluding carboxylic acids is 1. The number of nitrogens with zero attached hydrogens (tertiary/aromatic N) is 2. The third-order valence-electron chi connectivity index (χ3n) is 6.26. The predicted octanol–water partition coefficient (Wildman–Crippen LogP) is 4.71. The summed E-state index contributed by atoms with van der Waals surface area (Å²) in [5.41, 5.74) is 1.89. The predicted molar refractivity (Wildman–Crippen MR) is 136 cm³/mol. The van der Waals surface area contributed by atoms with E-state index in [2.05, 4.69) is 15.1 Å². The monoisotopic (exact) mass is 473 g/mol. The summed E-state index contributed by atoms with van der Waals surface area (Å²) in [6.07, 6.45) is 2.01. The fourth-order valence-corrected chi connectivity index (χ4v) is 4.43. The molecule has 182 valence electrons. The lowest BCUT2D eigenvalue weighted by Gasteiger charge is -2.37.